The molecule has 2 aromatic rings. The number of carbonyl (C=O) groups excluding carboxylic acids is 1. The zero-order valence-electron chi connectivity index (χ0n) is 15.9. The van der Waals surface area contributed by atoms with E-state index >= 15 is 0 Å². The van der Waals surface area contributed by atoms with Crippen LogP contribution in [0.25, 0.3) is 0 Å². The molecule has 0 aromatic heterocycles. The van der Waals surface area contributed by atoms with Crippen molar-refractivity contribution >= 4 is 21.6 Å². The van der Waals surface area contributed by atoms with Gasteiger partial charge in [0.1, 0.15) is 5.75 Å². The summed E-state index contributed by atoms with van der Waals surface area (Å²) in [5.41, 5.74) is 1.73. The molecule has 27 heavy (non-hydrogen) atoms. The Morgan fingerprint density at radius 2 is 1.67 bits per heavy atom. The maximum atomic E-state index is 12.1. The van der Waals surface area contributed by atoms with Crippen molar-refractivity contribution in [3.8, 4) is 5.75 Å². The predicted molar refractivity (Wildman–Crippen MR) is 106 cm³/mol. The Kier molecular flexibility index (Phi) is 7.38. The van der Waals surface area contributed by atoms with Crippen molar-refractivity contribution < 1.29 is 17.9 Å². The summed E-state index contributed by atoms with van der Waals surface area (Å²) in [6, 6.07) is 13.7. The largest absolute Gasteiger partial charge is 0.494 e. The number of benzene rings is 2. The summed E-state index contributed by atoms with van der Waals surface area (Å²) < 4.78 is 32.3. The van der Waals surface area contributed by atoms with E-state index in [1.807, 2.05) is 31.2 Å². The summed E-state index contributed by atoms with van der Waals surface area (Å²) in [7, 11) is -3.53. The van der Waals surface area contributed by atoms with Gasteiger partial charge < -0.3 is 10.1 Å². The second kappa shape index (κ2) is 9.53. The van der Waals surface area contributed by atoms with Crippen LogP contribution in [0, 0.1) is 6.92 Å². The molecule has 0 atom stereocenters. The van der Waals surface area contributed by atoms with E-state index in [1.165, 1.54) is 17.7 Å². The van der Waals surface area contributed by atoms with Crippen molar-refractivity contribution in [2.24, 2.45) is 0 Å². The zero-order chi connectivity index (χ0) is 19.9. The van der Waals surface area contributed by atoms with Crippen molar-refractivity contribution in [1.82, 2.24) is 4.72 Å². The highest BCUT2D eigenvalue weighted by Gasteiger charge is 2.15. The Labute approximate surface area is 161 Å². The third-order valence-corrected chi connectivity index (χ3v) is 5.35. The van der Waals surface area contributed by atoms with Crippen LogP contribution in [0.3, 0.4) is 0 Å². The Morgan fingerprint density at radius 1 is 1.04 bits per heavy atom. The average Bonchev–Trinajstić information content (AvgIpc) is 2.59. The Bertz CT molecular complexity index is 845. The minimum atomic E-state index is -3.53. The third kappa shape index (κ3) is 7.03. The van der Waals surface area contributed by atoms with Gasteiger partial charge in [0.2, 0.25) is 15.9 Å². The quantitative estimate of drug-likeness (QED) is 0.642. The lowest BCUT2D eigenvalue weighted by Gasteiger charge is -2.10. The van der Waals surface area contributed by atoms with Gasteiger partial charge in [-0.25, -0.2) is 13.1 Å². The van der Waals surface area contributed by atoms with Gasteiger partial charge in [-0.1, -0.05) is 17.7 Å². The molecule has 0 heterocycles. The molecular formula is C20H26N2O4S. The van der Waals surface area contributed by atoms with Gasteiger partial charge in [-0.15, -0.1) is 0 Å². The molecule has 0 aliphatic carbocycles. The molecule has 0 aliphatic rings. The molecule has 0 saturated heterocycles. The molecule has 0 saturated carbocycles. The number of hydrogen-bond acceptors (Lipinski definition) is 4. The van der Waals surface area contributed by atoms with Crippen LogP contribution in [-0.2, 0) is 14.8 Å². The number of sulfonamides is 1. The van der Waals surface area contributed by atoms with Crippen LogP contribution in [-0.4, -0.2) is 27.0 Å². The van der Waals surface area contributed by atoms with Gasteiger partial charge in [-0.3, -0.25) is 4.79 Å². The van der Waals surface area contributed by atoms with Crippen molar-refractivity contribution in [2.75, 3.05) is 11.9 Å². The zero-order valence-corrected chi connectivity index (χ0v) is 16.7. The maximum Gasteiger partial charge on any atom is 0.240 e. The first-order valence-electron chi connectivity index (χ1n) is 8.88. The number of ether oxygens (including phenoxy) is 1. The molecule has 0 radical (unpaired) electrons. The van der Waals surface area contributed by atoms with Crippen LogP contribution in [0.1, 0.15) is 32.3 Å². The van der Waals surface area contributed by atoms with E-state index in [0.29, 0.717) is 25.1 Å². The van der Waals surface area contributed by atoms with Crippen molar-refractivity contribution in [2.45, 2.75) is 44.6 Å². The lowest BCUT2D eigenvalue weighted by Crippen LogP contribution is -2.30. The molecule has 0 aliphatic heterocycles. The molecule has 0 spiro atoms. The fraction of sp³-hybridized carbons (Fsp3) is 0.350. The van der Waals surface area contributed by atoms with E-state index in [0.717, 1.165) is 5.75 Å². The minimum Gasteiger partial charge on any atom is -0.494 e. The molecule has 146 valence electrons. The van der Waals surface area contributed by atoms with Crippen LogP contribution < -0.4 is 14.8 Å². The highest BCUT2D eigenvalue weighted by Crippen LogP contribution is 2.15. The Balaban J connectivity index is 1.77. The van der Waals surface area contributed by atoms with Crippen molar-refractivity contribution in [3.63, 3.8) is 0 Å². The lowest BCUT2D eigenvalue weighted by atomic mass is 10.2. The second-order valence-electron chi connectivity index (χ2n) is 6.61. The first-order valence-corrected chi connectivity index (χ1v) is 10.4. The van der Waals surface area contributed by atoms with E-state index < -0.39 is 10.0 Å². The summed E-state index contributed by atoms with van der Waals surface area (Å²) >= 11 is 0. The van der Waals surface area contributed by atoms with Gasteiger partial charge in [-0.05, 0) is 63.6 Å². The summed E-state index contributed by atoms with van der Waals surface area (Å²) in [6.45, 7) is 5.98. The molecule has 0 bridgehead atoms. The van der Waals surface area contributed by atoms with E-state index in [4.69, 9.17) is 4.74 Å². The van der Waals surface area contributed by atoms with E-state index in [2.05, 4.69) is 10.0 Å². The number of hydrogen-bond donors (Lipinski definition) is 2. The molecule has 1 amide bonds. The van der Waals surface area contributed by atoms with Crippen LogP contribution in [0.4, 0.5) is 5.69 Å². The normalized spacial score (nSPS) is 11.4. The van der Waals surface area contributed by atoms with E-state index in [-0.39, 0.29) is 16.8 Å². The Morgan fingerprint density at radius 3 is 2.26 bits per heavy atom. The maximum absolute atomic E-state index is 12.1. The number of aryl methyl sites for hydroxylation is 1. The molecule has 2 N–H and O–H groups in total. The number of amides is 1. The SMILES string of the molecule is Cc1ccc(OCCCC(=O)Nc2ccc(S(=O)(=O)NC(C)C)cc2)cc1. The lowest BCUT2D eigenvalue weighted by molar-refractivity contribution is -0.116. The average molecular weight is 391 g/mol. The fourth-order valence-corrected chi connectivity index (χ4v) is 3.63. The molecule has 0 unspecified atom stereocenters. The fourth-order valence-electron chi connectivity index (χ4n) is 2.38. The van der Waals surface area contributed by atoms with Gasteiger partial charge in [0.25, 0.3) is 0 Å². The first kappa shape index (κ1) is 20.9. The minimum absolute atomic E-state index is 0.140. The number of carbonyl (C=O) groups is 1. The van der Waals surface area contributed by atoms with E-state index in [1.54, 1.807) is 26.0 Å². The molecule has 2 rings (SSSR count). The highest BCUT2D eigenvalue weighted by molar-refractivity contribution is 7.89. The monoisotopic (exact) mass is 390 g/mol. The molecule has 6 nitrogen and oxygen atoms in total. The summed E-state index contributed by atoms with van der Waals surface area (Å²) in [5, 5.41) is 2.76. The third-order valence-electron chi connectivity index (χ3n) is 3.68. The molecular weight excluding hydrogens is 364 g/mol. The van der Waals surface area contributed by atoms with Crippen LogP contribution >= 0.6 is 0 Å². The summed E-state index contributed by atoms with van der Waals surface area (Å²) in [6.07, 6.45) is 0.908. The number of anilines is 1. The van der Waals surface area contributed by atoms with Crippen LogP contribution in [0.5, 0.6) is 5.75 Å². The first-order chi connectivity index (χ1) is 12.8. The van der Waals surface area contributed by atoms with Gasteiger partial charge in [0.15, 0.2) is 0 Å². The van der Waals surface area contributed by atoms with Gasteiger partial charge >= 0.3 is 0 Å². The standard InChI is InChI=1S/C20H26N2O4S/c1-15(2)22-27(24,25)19-12-8-17(9-13-19)21-20(23)5-4-14-26-18-10-6-16(3)7-11-18/h6-13,15,22H,4-5,14H2,1-3H3,(H,21,23). The Hall–Kier alpha value is -2.38. The predicted octanol–water partition coefficient (Wildman–Crippen LogP) is 3.48. The van der Waals surface area contributed by atoms with Crippen molar-refractivity contribution in [1.29, 1.82) is 0 Å². The summed E-state index contributed by atoms with van der Waals surface area (Å²) in [5.74, 6) is 0.645. The number of nitrogens with one attached hydrogen (secondary N) is 2. The van der Waals surface area contributed by atoms with E-state index in [9.17, 15) is 13.2 Å². The van der Waals surface area contributed by atoms with Crippen molar-refractivity contribution in [3.05, 3.63) is 54.1 Å². The van der Waals surface area contributed by atoms with Crippen LogP contribution in [0.2, 0.25) is 0 Å². The molecule has 2 aromatic carbocycles. The topological polar surface area (TPSA) is 84.5 Å². The molecule has 7 heteroatoms. The molecule has 0 fully saturated rings. The number of rotatable bonds is 9. The van der Waals surface area contributed by atoms with Gasteiger partial charge in [-0.2, -0.15) is 0 Å². The second-order valence-corrected chi connectivity index (χ2v) is 8.33. The van der Waals surface area contributed by atoms with Gasteiger partial charge in [0, 0.05) is 18.2 Å². The summed E-state index contributed by atoms with van der Waals surface area (Å²) in [4.78, 5) is 12.2. The smallest absolute Gasteiger partial charge is 0.240 e. The van der Waals surface area contributed by atoms with Gasteiger partial charge in [0.05, 0.1) is 11.5 Å². The highest BCUT2D eigenvalue weighted by atomic mass is 32.2. The van der Waals surface area contributed by atoms with Crippen LogP contribution in [0.15, 0.2) is 53.4 Å².